The third-order valence-electron chi connectivity index (χ3n) is 11.0. The Morgan fingerprint density at radius 3 is 2.12 bits per heavy atom. The Hall–Kier alpha value is -0.727. The molecule has 13 heteroatoms. The zero-order valence-corrected chi connectivity index (χ0v) is 36.9. The maximum Gasteiger partial charge on any atom is 0.344 e. The Kier molecular flexibility index (Phi) is 12.3. The van der Waals surface area contributed by atoms with Crippen molar-refractivity contribution in [2.45, 2.75) is 82.3 Å². The molecule has 3 fully saturated rings. The second-order valence-corrected chi connectivity index (χ2v) is 13.7. The molecule has 48 heavy (non-hydrogen) atoms. The van der Waals surface area contributed by atoms with Gasteiger partial charge in [-0.15, -0.1) is 0 Å². The maximum absolute atomic E-state index is 14.7. The summed E-state index contributed by atoms with van der Waals surface area (Å²) in [7, 11) is 0. The number of rotatable bonds is 6. The van der Waals surface area contributed by atoms with E-state index in [0.29, 0.717) is 11.3 Å². The molecule has 252 valence electrons. The quantitative estimate of drug-likeness (QED) is 0.247. The van der Waals surface area contributed by atoms with Crippen molar-refractivity contribution in [3.8, 4) is 5.75 Å². The molecule has 1 aliphatic heterocycles. The summed E-state index contributed by atoms with van der Waals surface area (Å²) in [6, 6.07) is 16.7. The minimum atomic E-state index is -2.11. The van der Waals surface area contributed by atoms with Crippen LogP contribution in [0.25, 0.3) is 0 Å². The molecule has 8 unspecified atom stereocenters. The molecule has 2 aromatic carbocycles. The molecule has 3 aliphatic carbocycles. The number of hydrogen-bond acceptors (Lipinski definition) is 11. The Morgan fingerprint density at radius 2 is 1.54 bits per heavy atom. The molecule has 6 rings (SSSR count). The van der Waals surface area contributed by atoms with Gasteiger partial charge >= 0.3 is 11.9 Å². The van der Waals surface area contributed by atoms with Gasteiger partial charge in [0.15, 0.2) is 12.4 Å². The van der Waals surface area contributed by atoms with Gasteiger partial charge < -0.3 is 39.4 Å². The molecule has 11 nitrogen and oxygen atoms in total. The molecule has 0 amide bonds. The van der Waals surface area contributed by atoms with Crippen molar-refractivity contribution < 1.29 is 142 Å². The molecule has 1 saturated heterocycles. The molecule has 9 atom stereocenters. The molecule has 2 aromatic rings. The topological polar surface area (TPSA) is 169 Å². The molecule has 4 N–H and O–H groups in total. The summed E-state index contributed by atoms with van der Waals surface area (Å²) in [5.74, 6) is -3.47. The Morgan fingerprint density at radius 1 is 0.938 bits per heavy atom. The zero-order valence-electron chi connectivity index (χ0n) is 27.4. The van der Waals surface area contributed by atoms with Crippen molar-refractivity contribution in [1.29, 1.82) is 0 Å². The first kappa shape index (κ1) is 40.0. The third kappa shape index (κ3) is 6.34. The van der Waals surface area contributed by atoms with Crippen LogP contribution in [0.15, 0.2) is 71.8 Å². The summed E-state index contributed by atoms with van der Waals surface area (Å²) in [4.78, 5) is 41.7. The van der Waals surface area contributed by atoms with E-state index in [1.807, 2.05) is 0 Å². The smallest absolute Gasteiger partial charge is 0.344 e. The molecule has 2 saturated carbocycles. The minimum Gasteiger partial charge on any atom is -0.482 e. The van der Waals surface area contributed by atoms with E-state index in [1.165, 1.54) is 19.1 Å². The number of ketones is 1. The van der Waals surface area contributed by atoms with Crippen molar-refractivity contribution in [2.75, 3.05) is 13.2 Å². The van der Waals surface area contributed by atoms with Gasteiger partial charge in [0.25, 0.3) is 0 Å². The maximum atomic E-state index is 14.7. The normalized spacial score (nSPS) is 36.3. The first-order valence-corrected chi connectivity index (χ1v) is 15.5. The predicted octanol–water partition coefficient (Wildman–Crippen LogP) is 2.14. The first-order chi connectivity index (χ1) is 21.7. The van der Waals surface area contributed by atoms with Crippen LogP contribution in [0.1, 0.15) is 50.9 Å². The molecule has 0 spiro atoms. The fraction of sp³-hybridized carbons (Fsp3) is 0.514. The van der Waals surface area contributed by atoms with Gasteiger partial charge in [-0.1, -0.05) is 50.2 Å². The Bertz CT molecular complexity index is 1570. The van der Waals surface area contributed by atoms with Crippen LogP contribution in [0.4, 0.5) is 0 Å². The van der Waals surface area contributed by atoms with Crippen LogP contribution in [0.2, 0.25) is 0 Å². The largest absolute Gasteiger partial charge is 0.482 e. The summed E-state index contributed by atoms with van der Waals surface area (Å²) >= 11 is 0. The summed E-state index contributed by atoms with van der Waals surface area (Å²) in [5, 5.41) is 48.1. The van der Waals surface area contributed by atoms with Crippen molar-refractivity contribution >= 4 is 17.7 Å². The van der Waals surface area contributed by atoms with Crippen molar-refractivity contribution in [1.82, 2.24) is 0 Å². The van der Waals surface area contributed by atoms with E-state index in [4.69, 9.17) is 18.9 Å². The van der Waals surface area contributed by atoms with Crippen LogP contribution in [0.5, 0.6) is 5.75 Å². The number of aliphatic hydroxyl groups is 4. The molecule has 1 heterocycles. The van der Waals surface area contributed by atoms with Crippen LogP contribution < -0.4 is 4.74 Å². The second kappa shape index (κ2) is 14.7. The SMILES string of the molecule is CC1=C2C(O)C(=O)C3(C)C(OC(=O)COc4ccccc4)CC4OCC4(O)C3[C@H](OC(=O)c3ccccc3)C(O)(CC1O)C2(C)C.[Ac].[Ac]. The van der Waals surface area contributed by atoms with Crippen molar-refractivity contribution in [3.05, 3.63) is 77.4 Å². The average molecular weight is 1090 g/mol. The molecular formula is C35H40Ac2O11. The standard InChI is InChI=1S/C35H40O11.2Ac/c1-19-22(36)16-35(42)30(46-31(40)20-11-7-5-8-12-20)28-33(4,29(39)27(38)26(19)32(35,2)3)23(15-24-34(28,41)18-44-24)45-25(37)17-43-21-13-9-6-10-14-21;;/h5-14,22-24,27-28,30,36,38,41-42H,15-18H2,1-4H3;;/t22?,23?,24?,27?,28?,30-,33?,34?,35?;;/m0../s1. The first-order valence-electron chi connectivity index (χ1n) is 15.5. The number of carbonyl (C=O) groups excluding carboxylic acids is 3. The van der Waals surface area contributed by atoms with Crippen LogP contribution >= 0.6 is 0 Å². The van der Waals surface area contributed by atoms with E-state index in [-0.39, 0.29) is 119 Å². The fourth-order valence-corrected chi connectivity index (χ4v) is 8.27. The van der Waals surface area contributed by atoms with Crippen LogP contribution in [0, 0.1) is 105 Å². The van der Waals surface area contributed by atoms with Gasteiger partial charge in [-0.05, 0) is 49.3 Å². The molecule has 4 aliphatic rings. The summed E-state index contributed by atoms with van der Waals surface area (Å²) < 4.78 is 23.4. The fourth-order valence-electron chi connectivity index (χ4n) is 8.27. The van der Waals surface area contributed by atoms with E-state index >= 15 is 0 Å². The average Bonchev–Trinajstić information content (AvgIpc) is 3.03. The van der Waals surface area contributed by atoms with Gasteiger partial charge in [-0.25, -0.2) is 9.59 Å². The van der Waals surface area contributed by atoms with Gasteiger partial charge in [0.05, 0.1) is 29.8 Å². The van der Waals surface area contributed by atoms with Crippen molar-refractivity contribution in [3.63, 3.8) is 0 Å². The Labute approximate surface area is 350 Å². The summed E-state index contributed by atoms with van der Waals surface area (Å²) in [6.45, 7) is 5.50. The van der Waals surface area contributed by atoms with Crippen LogP contribution in [-0.2, 0) is 23.8 Å². The second-order valence-electron chi connectivity index (χ2n) is 13.7. The Balaban J connectivity index is 0.00000260. The monoisotopic (exact) mass is 1090 g/mol. The molecule has 0 aromatic heterocycles. The number of aliphatic hydroxyl groups excluding tert-OH is 2. The molecule has 2 radical (unpaired) electrons. The number of benzene rings is 2. The summed E-state index contributed by atoms with van der Waals surface area (Å²) in [6.07, 6.45) is -7.46. The van der Waals surface area contributed by atoms with Crippen LogP contribution in [-0.4, -0.2) is 93.1 Å². The van der Waals surface area contributed by atoms with E-state index < -0.39 is 82.8 Å². The number of carbonyl (C=O) groups is 3. The molecule has 2 bridgehead atoms. The third-order valence-corrected chi connectivity index (χ3v) is 11.0. The van der Waals surface area contributed by atoms with Crippen molar-refractivity contribution in [2.24, 2.45) is 16.7 Å². The number of hydrogen-bond donors (Lipinski definition) is 4. The number of Topliss-reactive ketones (excluding diaryl/α,β-unsaturated/α-hetero) is 1. The van der Waals surface area contributed by atoms with E-state index in [0.717, 1.165) is 0 Å². The van der Waals surface area contributed by atoms with Gasteiger partial charge in [0.1, 0.15) is 35.3 Å². The summed E-state index contributed by atoms with van der Waals surface area (Å²) in [5.41, 5.74) is -6.75. The van der Waals surface area contributed by atoms with E-state index in [9.17, 15) is 34.8 Å². The van der Waals surface area contributed by atoms with E-state index in [1.54, 1.807) is 69.3 Å². The number of ether oxygens (including phenoxy) is 4. The zero-order chi connectivity index (χ0) is 33.2. The van der Waals surface area contributed by atoms with Gasteiger partial charge in [0.2, 0.25) is 0 Å². The number of para-hydroxylation sites is 1. The molecular weight excluding hydrogens is 1050 g/mol. The van der Waals surface area contributed by atoms with Gasteiger partial charge in [-0.2, -0.15) is 0 Å². The predicted molar refractivity (Wildman–Crippen MR) is 161 cm³/mol. The number of esters is 2. The number of fused-ring (bicyclic) bond motifs is 5. The van der Waals surface area contributed by atoms with Gasteiger partial charge in [0, 0.05) is 112 Å². The van der Waals surface area contributed by atoms with Gasteiger partial charge in [-0.3, -0.25) is 4.79 Å². The van der Waals surface area contributed by atoms with Crippen LogP contribution in [0.3, 0.4) is 0 Å². The minimum absolute atomic E-state index is 0. The van der Waals surface area contributed by atoms with E-state index in [2.05, 4.69) is 0 Å².